The summed E-state index contributed by atoms with van der Waals surface area (Å²) in [4.78, 5) is 16.7. The standard InChI is InChI=1S/C21H14F2N6O2/c1-31-11-6-7-29-17(8-11)14(10-24-29)18-16(23)9-13-19(25-18)27-28-20(13)26-21(30)12-4-2-3-5-15(12)22/h2-10H,1H3,(H2,25,26,27,28,30). The summed E-state index contributed by atoms with van der Waals surface area (Å²) in [7, 11) is 1.54. The highest BCUT2D eigenvalue weighted by molar-refractivity contribution is 6.07. The number of amides is 1. The normalized spacial score (nSPS) is 11.2. The first-order valence-electron chi connectivity index (χ1n) is 9.17. The number of rotatable bonds is 4. The van der Waals surface area contributed by atoms with Gasteiger partial charge >= 0.3 is 0 Å². The molecule has 5 aromatic rings. The number of aromatic amines is 1. The Kier molecular flexibility index (Phi) is 4.32. The second-order valence-corrected chi connectivity index (χ2v) is 6.68. The van der Waals surface area contributed by atoms with E-state index in [0.29, 0.717) is 16.8 Å². The minimum absolute atomic E-state index is 0.0442. The van der Waals surface area contributed by atoms with Crippen molar-refractivity contribution in [3.05, 3.63) is 72.1 Å². The van der Waals surface area contributed by atoms with Crippen LogP contribution in [0.4, 0.5) is 14.6 Å². The number of carbonyl (C=O) groups excluding carboxylic acids is 1. The molecule has 1 amide bonds. The third-order valence-corrected chi connectivity index (χ3v) is 4.84. The number of hydrogen-bond acceptors (Lipinski definition) is 5. The molecule has 0 aliphatic carbocycles. The van der Waals surface area contributed by atoms with Crippen molar-refractivity contribution < 1.29 is 18.3 Å². The Balaban J connectivity index is 1.55. The second-order valence-electron chi connectivity index (χ2n) is 6.68. The van der Waals surface area contributed by atoms with Crippen molar-refractivity contribution in [1.82, 2.24) is 24.8 Å². The molecule has 31 heavy (non-hydrogen) atoms. The van der Waals surface area contributed by atoms with E-state index in [-0.39, 0.29) is 28.1 Å². The van der Waals surface area contributed by atoms with E-state index in [4.69, 9.17) is 4.74 Å². The number of H-pyrrole nitrogens is 1. The van der Waals surface area contributed by atoms with Crippen LogP contribution in [0, 0.1) is 11.6 Å². The van der Waals surface area contributed by atoms with Crippen molar-refractivity contribution in [2.24, 2.45) is 0 Å². The summed E-state index contributed by atoms with van der Waals surface area (Å²) in [5.74, 6) is -1.37. The predicted octanol–water partition coefficient (Wildman–Crippen LogP) is 3.81. The van der Waals surface area contributed by atoms with Crippen molar-refractivity contribution >= 4 is 28.3 Å². The van der Waals surface area contributed by atoms with Crippen molar-refractivity contribution in [3.63, 3.8) is 0 Å². The van der Waals surface area contributed by atoms with E-state index >= 15 is 4.39 Å². The predicted molar refractivity (Wildman–Crippen MR) is 109 cm³/mol. The largest absolute Gasteiger partial charge is 0.497 e. The molecule has 154 valence electrons. The zero-order valence-electron chi connectivity index (χ0n) is 16.1. The van der Waals surface area contributed by atoms with E-state index in [0.717, 1.165) is 0 Å². The van der Waals surface area contributed by atoms with Gasteiger partial charge in [-0.25, -0.2) is 18.3 Å². The summed E-state index contributed by atoms with van der Waals surface area (Å²) in [6.45, 7) is 0. The van der Waals surface area contributed by atoms with Crippen LogP contribution in [-0.4, -0.2) is 37.8 Å². The van der Waals surface area contributed by atoms with E-state index in [9.17, 15) is 9.18 Å². The maximum atomic E-state index is 15.0. The summed E-state index contributed by atoms with van der Waals surface area (Å²) in [5, 5.41) is 13.6. The lowest BCUT2D eigenvalue weighted by atomic mass is 10.1. The maximum absolute atomic E-state index is 15.0. The molecule has 8 nitrogen and oxygen atoms in total. The third kappa shape index (κ3) is 3.14. The number of nitrogens with one attached hydrogen (secondary N) is 2. The smallest absolute Gasteiger partial charge is 0.259 e. The van der Waals surface area contributed by atoms with E-state index in [1.54, 1.807) is 28.9 Å². The molecule has 0 saturated heterocycles. The van der Waals surface area contributed by atoms with Crippen molar-refractivity contribution in [2.75, 3.05) is 12.4 Å². The van der Waals surface area contributed by atoms with Crippen LogP contribution in [0.15, 0.2) is 54.9 Å². The van der Waals surface area contributed by atoms with Gasteiger partial charge in [0.2, 0.25) is 0 Å². The Hall–Kier alpha value is -4.34. The number of halogens is 2. The molecule has 4 aromatic heterocycles. The minimum Gasteiger partial charge on any atom is -0.497 e. The Morgan fingerprint density at radius 2 is 2.00 bits per heavy atom. The number of fused-ring (bicyclic) bond motifs is 2. The molecule has 0 radical (unpaired) electrons. The molecule has 10 heteroatoms. The van der Waals surface area contributed by atoms with Gasteiger partial charge in [0.05, 0.1) is 29.8 Å². The third-order valence-electron chi connectivity index (χ3n) is 4.84. The van der Waals surface area contributed by atoms with Gasteiger partial charge < -0.3 is 10.1 Å². The molecule has 0 unspecified atom stereocenters. The van der Waals surface area contributed by atoms with Crippen LogP contribution in [0.2, 0.25) is 0 Å². The zero-order chi connectivity index (χ0) is 21.5. The van der Waals surface area contributed by atoms with E-state index in [2.05, 4.69) is 25.6 Å². The van der Waals surface area contributed by atoms with Gasteiger partial charge in [-0.2, -0.15) is 10.2 Å². The molecular weight excluding hydrogens is 406 g/mol. The van der Waals surface area contributed by atoms with Crippen LogP contribution in [0.1, 0.15) is 10.4 Å². The van der Waals surface area contributed by atoms with E-state index in [1.807, 2.05) is 0 Å². The highest BCUT2D eigenvalue weighted by atomic mass is 19.1. The molecule has 0 aliphatic rings. The average Bonchev–Trinajstić information content (AvgIpc) is 3.36. The maximum Gasteiger partial charge on any atom is 0.259 e. The van der Waals surface area contributed by atoms with Crippen LogP contribution >= 0.6 is 0 Å². The molecule has 0 saturated carbocycles. The molecule has 1 aromatic carbocycles. The summed E-state index contributed by atoms with van der Waals surface area (Å²) in [5.41, 5.74) is 1.24. The SMILES string of the molecule is COc1ccn2ncc(-c3nc4[nH]nc(NC(=O)c5ccccc5F)c4cc3F)c2c1. The number of anilines is 1. The monoisotopic (exact) mass is 420 g/mol. The van der Waals surface area contributed by atoms with Gasteiger partial charge in [-0.3, -0.25) is 9.89 Å². The Labute approximate surface area is 173 Å². The number of pyridine rings is 2. The van der Waals surface area contributed by atoms with Crippen LogP contribution < -0.4 is 10.1 Å². The Bertz CT molecular complexity index is 1460. The van der Waals surface area contributed by atoms with E-state index < -0.39 is 17.5 Å². The number of aromatic nitrogens is 5. The Morgan fingerprint density at radius 1 is 1.16 bits per heavy atom. The topological polar surface area (TPSA) is 97.2 Å². The highest BCUT2D eigenvalue weighted by Gasteiger charge is 2.19. The molecule has 2 N–H and O–H groups in total. The minimum atomic E-state index is -0.703. The molecule has 0 atom stereocenters. The molecule has 0 bridgehead atoms. The van der Waals surface area contributed by atoms with Gasteiger partial charge in [-0.1, -0.05) is 12.1 Å². The molecule has 0 spiro atoms. The number of nitrogens with zero attached hydrogens (tertiary/aromatic N) is 4. The number of ether oxygens (including phenoxy) is 1. The second kappa shape index (κ2) is 7.17. The molecule has 4 heterocycles. The number of benzene rings is 1. The summed E-state index contributed by atoms with van der Waals surface area (Å²) in [6, 6.07) is 10.2. The van der Waals surface area contributed by atoms with Gasteiger partial charge in [0, 0.05) is 17.8 Å². The molecule has 5 rings (SSSR count). The number of carbonyl (C=O) groups is 1. The number of methoxy groups -OCH3 is 1. The van der Waals surface area contributed by atoms with Crippen molar-refractivity contribution in [2.45, 2.75) is 0 Å². The fourth-order valence-electron chi connectivity index (χ4n) is 3.30. The first-order chi connectivity index (χ1) is 15.0. The van der Waals surface area contributed by atoms with Gasteiger partial charge in [0.1, 0.15) is 17.3 Å². The van der Waals surface area contributed by atoms with Gasteiger partial charge in [0.25, 0.3) is 5.91 Å². The summed E-state index contributed by atoms with van der Waals surface area (Å²) < 4.78 is 35.7. The number of hydrogen-bond donors (Lipinski definition) is 2. The Morgan fingerprint density at radius 3 is 2.81 bits per heavy atom. The molecule has 0 aliphatic heterocycles. The lowest BCUT2D eigenvalue weighted by Crippen LogP contribution is -2.14. The first-order valence-corrected chi connectivity index (χ1v) is 9.17. The lowest BCUT2D eigenvalue weighted by Gasteiger charge is -2.05. The first kappa shape index (κ1) is 18.7. The fraction of sp³-hybridized carbons (Fsp3) is 0.0476. The van der Waals surface area contributed by atoms with Gasteiger partial charge in [0.15, 0.2) is 17.3 Å². The molecular formula is C21H14F2N6O2. The zero-order valence-corrected chi connectivity index (χ0v) is 16.1. The quantitative estimate of drug-likeness (QED) is 0.461. The molecule has 0 fully saturated rings. The van der Waals surface area contributed by atoms with Gasteiger partial charge in [-0.05, 0) is 24.3 Å². The highest BCUT2D eigenvalue weighted by Crippen LogP contribution is 2.31. The van der Waals surface area contributed by atoms with Crippen LogP contribution in [0.25, 0.3) is 27.8 Å². The van der Waals surface area contributed by atoms with Gasteiger partial charge in [-0.15, -0.1) is 0 Å². The lowest BCUT2D eigenvalue weighted by molar-refractivity contribution is 0.102. The average molecular weight is 420 g/mol. The van der Waals surface area contributed by atoms with Crippen LogP contribution in [0.5, 0.6) is 5.75 Å². The van der Waals surface area contributed by atoms with Crippen LogP contribution in [0.3, 0.4) is 0 Å². The summed E-state index contributed by atoms with van der Waals surface area (Å²) in [6.07, 6.45) is 3.20. The summed E-state index contributed by atoms with van der Waals surface area (Å²) >= 11 is 0. The fourth-order valence-corrected chi connectivity index (χ4v) is 3.30. The van der Waals surface area contributed by atoms with Crippen molar-refractivity contribution in [1.29, 1.82) is 0 Å². The van der Waals surface area contributed by atoms with E-state index in [1.165, 1.54) is 37.6 Å². The van der Waals surface area contributed by atoms with Crippen LogP contribution in [-0.2, 0) is 0 Å². The van der Waals surface area contributed by atoms with Crippen molar-refractivity contribution in [3.8, 4) is 17.0 Å².